The van der Waals surface area contributed by atoms with E-state index in [-0.39, 0.29) is 0 Å². The van der Waals surface area contributed by atoms with Gasteiger partial charge in [-0.25, -0.2) is 4.98 Å². The fourth-order valence-electron chi connectivity index (χ4n) is 1.64. The molecule has 92 valence electrons. The van der Waals surface area contributed by atoms with E-state index >= 15 is 0 Å². The zero-order valence-electron chi connectivity index (χ0n) is 10.3. The van der Waals surface area contributed by atoms with E-state index in [4.69, 9.17) is 0 Å². The Morgan fingerprint density at radius 1 is 1.47 bits per heavy atom. The van der Waals surface area contributed by atoms with Gasteiger partial charge in [-0.15, -0.1) is 10.2 Å². The Morgan fingerprint density at radius 3 is 3.06 bits per heavy atom. The van der Waals surface area contributed by atoms with Gasteiger partial charge in [-0.3, -0.25) is 4.40 Å². The van der Waals surface area contributed by atoms with E-state index in [1.807, 2.05) is 29.3 Å². The molecule has 0 radical (unpaired) electrons. The lowest BCUT2D eigenvalue weighted by Gasteiger charge is -2.13. The van der Waals surface area contributed by atoms with Gasteiger partial charge >= 0.3 is 0 Å². The van der Waals surface area contributed by atoms with Crippen LogP contribution in [-0.2, 0) is 0 Å². The van der Waals surface area contributed by atoms with Gasteiger partial charge in [0.05, 0.1) is 0 Å². The second-order valence-corrected chi connectivity index (χ2v) is 5.03. The monoisotopic (exact) mass is 251 g/mol. The number of aromatic nitrogens is 4. The number of hydrogen-bond donors (Lipinski definition) is 1. The summed E-state index contributed by atoms with van der Waals surface area (Å²) in [6.07, 6.45) is 6.87. The van der Waals surface area contributed by atoms with E-state index in [1.165, 1.54) is 0 Å². The van der Waals surface area contributed by atoms with Crippen LogP contribution >= 0.6 is 11.8 Å². The van der Waals surface area contributed by atoms with Crippen molar-refractivity contribution in [2.45, 2.75) is 26.3 Å². The van der Waals surface area contributed by atoms with Gasteiger partial charge in [0.25, 0.3) is 0 Å². The van der Waals surface area contributed by atoms with E-state index in [0.717, 1.165) is 29.5 Å². The highest BCUT2D eigenvalue weighted by atomic mass is 32.2. The van der Waals surface area contributed by atoms with Crippen molar-refractivity contribution in [3.8, 4) is 0 Å². The van der Waals surface area contributed by atoms with E-state index in [0.29, 0.717) is 6.04 Å². The molecule has 0 aliphatic carbocycles. The number of aryl methyl sites for hydroxylation is 1. The number of thioether (sulfide) groups is 1. The number of anilines is 1. The van der Waals surface area contributed by atoms with Gasteiger partial charge in [0.2, 0.25) is 5.65 Å². The van der Waals surface area contributed by atoms with Gasteiger partial charge in [0.15, 0.2) is 5.82 Å². The summed E-state index contributed by atoms with van der Waals surface area (Å²) in [5, 5.41) is 11.6. The van der Waals surface area contributed by atoms with Crippen LogP contribution < -0.4 is 5.32 Å². The summed E-state index contributed by atoms with van der Waals surface area (Å²) >= 11 is 1.85. The van der Waals surface area contributed by atoms with Gasteiger partial charge in [0.1, 0.15) is 5.82 Å². The summed E-state index contributed by atoms with van der Waals surface area (Å²) in [6, 6.07) is 0.387. The lowest BCUT2D eigenvalue weighted by Crippen LogP contribution is -2.17. The Labute approximate surface area is 105 Å². The maximum absolute atomic E-state index is 4.33. The SMILES string of the molecule is CSCCC(C)Nc1nccn2c(C)nnc12. The summed E-state index contributed by atoms with van der Waals surface area (Å²) in [5.41, 5.74) is 0.793. The third-order valence-corrected chi connectivity index (χ3v) is 3.28. The van der Waals surface area contributed by atoms with Crippen LogP contribution in [0.4, 0.5) is 5.82 Å². The smallest absolute Gasteiger partial charge is 0.203 e. The number of hydrogen-bond acceptors (Lipinski definition) is 5. The molecule has 2 heterocycles. The minimum atomic E-state index is 0.387. The first-order chi connectivity index (χ1) is 8.22. The molecule has 0 aliphatic heterocycles. The van der Waals surface area contributed by atoms with Crippen LogP contribution in [0.2, 0.25) is 0 Å². The Kier molecular flexibility index (Phi) is 3.83. The molecule has 1 unspecified atom stereocenters. The first-order valence-electron chi connectivity index (χ1n) is 5.64. The molecule has 0 aromatic carbocycles. The molecule has 0 bridgehead atoms. The third-order valence-electron chi connectivity index (χ3n) is 2.64. The Balaban J connectivity index is 2.18. The molecule has 0 spiro atoms. The van der Waals surface area contributed by atoms with Gasteiger partial charge < -0.3 is 5.32 Å². The first-order valence-corrected chi connectivity index (χ1v) is 7.03. The molecule has 0 fully saturated rings. The zero-order valence-corrected chi connectivity index (χ0v) is 11.2. The lowest BCUT2D eigenvalue weighted by molar-refractivity contribution is 0.766. The lowest BCUT2D eigenvalue weighted by atomic mass is 10.2. The predicted molar refractivity (Wildman–Crippen MR) is 71.6 cm³/mol. The maximum atomic E-state index is 4.33. The van der Waals surface area contributed by atoms with Crippen molar-refractivity contribution in [2.75, 3.05) is 17.3 Å². The van der Waals surface area contributed by atoms with Crippen molar-refractivity contribution in [2.24, 2.45) is 0 Å². The van der Waals surface area contributed by atoms with Crippen LogP contribution in [-0.4, -0.2) is 37.6 Å². The molecular weight excluding hydrogens is 234 g/mol. The van der Waals surface area contributed by atoms with E-state index in [9.17, 15) is 0 Å². The second kappa shape index (κ2) is 5.35. The van der Waals surface area contributed by atoms with E-state index < -0.39 is 0 Å². The Morgan fingerprint density at radius 2 is 2.29 bits per heavy atom. The fraction of sp³-hybridized carbons (Fsp3) is 0.545. The molecule has 2 aromatic rings. The third kappa shape index (κ3) is 2.69. The Bertz CT molecular complexity index is 496. The number of fused-ring (bicyclic) bond motifs is 1. The van der Waals surface area contributed by atoms with Crippen LogP contribution in [0.3, 0.4) is 0 Å². The molecule has 6 heteroatoms. The highest BCUT2D eigenvalue weighted by Crippen LogP contribution is 2.14. The summed E-state index contributed by atoms with van der Waals surface area (Å²) in [7, 11) is 0. The average Bonchev–Trinajstić information content (AvgIpc) is 2.70. The van der Waals surface area contributed by atoms with E-state index in [1.54, 1.807) is 6.20 Å². The van der Waals surface area contributed by atoms with Crippen molar-refractivity contribution in [1.82, 2.24) is 19.6 Å². The molecule has 1 N–H and O–H groups in total. The van der Waals surface area contributed by atoms with Crippen molar-refractivity contribution in [3.63, 3.8) is 0 Å². The summed E-state index contributed by atoms with van der Waals surface area (Å²) in [5.74, 6) is 2.83. The molecule has 17 heavy (non-hydrogen) atoms. The Hall–Kier alpha value is -1.30. The van der Waals surface area contributed by atoms with Gasteiger partial charge in [-0.2, -0.15) is 11.8 Å². The summed E-state index contributed by atoms with van der Waals surface area (Å²) in [4.78, 5) is 4.33. The maximum Gasteiger partial charge on any atom is 0.203 e. The van der Waals surface area contributed by atoms with Crippen molar-refractivity contribution in [1.29, 1.82) is 0 Å². The van der Waals surface area contributed by atoms with Crippen LogP contribution in [0.5, 0.6) is 0 Å². The molecule has 1 atom stereocenters. The molecule has 0 saturated carbocycles. The average molecular weight is 251 g/mol. The van der Waals surface area contributed by atoms with Crippen molar-refractivity contribution >= 4 is 23.2 Å². The summed E-state index contributed by atoms with van der Waals surface area (Å²) in [6.45, 7) is 4.09. The molecule has 2 rings (SSSR count). The minimum absolute atomic E-state index is 0.387. The first kappa shape index (κ1) is 12.2. The van der Waals surface area contributed by atoms with Crippen LogP contribution in [0.15, 0.2) is 12.4 Å². The van der Waals surface area contributed by atoms with Gasteiger partial charge in [-0.1, -0.05) is 0 Å². The summed E-state index contributed by atoms with van der Waals surface area (Å²) < 4.78 is 1.94. The number of nitrogens with zero attached hydrogens (tertiary/aromatic N) is 4. The molecule has 5 nitrogen and oxygen atoms in total. The van der Waals surface area contributed by atoms with Crippen molar-refractivity contribution in [3.05, 3.63) is 18.2 Å². The highest BCUT2D eigenvalue weighted by Gasteiger charge is 2.09. The van der Waals surface area contributed by atoms with Gasteiger partial charge in [0, 0.05) is 18.4 Å². The zero-order chi connectivity index (χ0) is 12.3. The van der Waals surface area contributed by atoms with Crippen LogP contribution in [0, 0.1) is 6.92 Å². The molecule has 2 aromatic heterocycles. The van der Waals surface area contributed by atoms with Gasteiger partial charge in [-0.05, 0) is 32.3 Å². The predicted octanol–water partition coefficient (Wildman–Crippen LogP) is 1.99. The van der Waals surface area contributed by atoms with Crippen LogP contribution in [0.1, 0.15) is 19.2 Å². The fourth-order valence-corrected chi connectivity index (χ4v) is 2.23. The molecule has 0 aliphatic rings. The van der Waals surface area contributed by atoms with Crippen LogP contribution in [0.25, 0.3) is 5.65 Å². The topological polar surface area (TPSA) is 55.1 Å². The normalized spacial score (nSPS) is 12.9. The molecule has 0 saturated heterocycles. The quantitative estimate of drug-likeness (QED) is 0.880. The van der Waals surface area contributed by atoms with E-state index in [2.05, 4.69) is 33.7 Å². The molecular formula is C11H17N5S. The highest BCUT2D eigenvalue weighted by molar-refractivity contribution is 7.98. The standard InChI is InChI=1S/C11H17N5S/c1-8(4-7-17-3)13-10-11-15-14-9(2)16(11)6-5-12-10/h5-6,8H,4,7H2,1-3H3,(H,12,13). The number of rotatable bonds is 5. The number of nitrogens with one attached hydrogen (secondary N) is 1. The second-order valence-electron chi connectivity index (χ2n) is 4.04. The molecule has 0 amide bonds. The minimum Gasteiger partial charge on any atom is -0.364 e. The van der Waals surface area contributed by atoms with Crippen molar-refractivity contribution < 1.29 is 0 Å². The largest absolute Gasteiger partial charge is 0.364 e.